The Bertz CT molecular complexity index is 440. The Hall–Kier alpha value is -1.60. The highest BCUT2D eigenvalue weighted by Gasteiger charge is 2.11. The SMILES string of the molecule is NNC(=O)CCCCCSc1ccccc1[N+](=O)[O-]. The fourth-order valence-electron chi connectivity index (χ4n) is 1.55. The van der Waals surface area contributed by atoms with Gasteiger partial charge >= 0.3 is 0 Å². The molecule has 0 atom stereocenters. The van der Waals surface area contributed by atoms with Crippen molar-refractivity contribution in [2.45, 2.75) is 30.6 Å². The standard InChI is InChI=1S/C12H17N3O3S/c13-14-12(16)8-2-1-5-9-19-11-7-4-3-6-10(11)15(17)18/h3-4,6-7H,1-2,5,8-9,13H2,(H,14,16). The maximum Gasteiger partial charge on any atom is 0.282 e. The Labute approximate surface area is 115 Å². The summed E-state index contributed by atoms with van der Waals surface area (Å²) in [5.41, 5.74) is 2.23. The molecule has 6 nitrogen and oxygen atoms in total. The third kappa shape index (κ3) is 5.71. The van der Waals surface area contributed by atoms with E-state index in [9.17, 15) is 14.9 Å². The fourth-order valence-corrected chi connectivity index (χ4v) is 2.58. The minimum Gasteiger partial charge on any atom is -0.294 e. The summed E-state index contributed by atoms with van der Waals surface area (Å²) in [6.45, 7) is 0. The van der Waals surface area contributed by atoms with Crippen LogP contribution >= 0.6 is 11.8 Å². The average Bonchev–Trinajstić information content (AvgIpc) is 2.42. The van der Waals surface area contributed by atoms with Crippen LogP contribution in [0.2, 0.25) is 0 Å². The van der Waals surface area contributed by atoms with Crippen molar-refractivity contribution in [2.75, 3.05) is 5.75 Å². The summed E-state index contributed by atoms with van der Waals surface area (Å²) in [5, 5.41) is 10.8. The van der Waals surface area contributed by atoms with E-state index in [1.165, 1.54) is 17.8 Å². The lowest BCUT2D eigenvalue weighted by molar-refractivity contribution is -0.387. The molecule has 0 aliphatic rings. The topological polar surface area (TPSA) is 98.3 Å². The van der Waals surface area contributed by atoms with Gasteiger partial charge in [0.25, 0.3) is 5.69 Å². The highest BCUT2D eigenvalue weighted by Crippen LogP contribution is 2.29. The molecule has 1 aromatic rings. The van der Waals surface area contributed by atoms with Crippen molar-refractivity contribution in [1.82, 2.24) is 5.43 Å². The van der Waals surface area contributed by atoms with Gasteiger partial charge < -0.3 is 0 Å². The van der Waals surface area contributed by atoms with Gasteiger partial charge in [-0.3, -0.25) is 20.3 Å². The Kier molecular flexibility index (Phi) is 6.91. The third-order valence-electron chi connectivity index (χ3n) is 2.53. The highest BCUT2D eigenvalue weighted by atomic mass is 32.2. The van der Waals surface area contributed by atoms with E-state index in [1.807, 2.05) is 0 Å². The Balaban J connectivity index is 2.26. The summed E-state index contributed by atoms with van der Waals surface area (Å²) in [6.07, 6.45) is 3.02. The van der Waals surface area contributed by atoms with Crippen LogP contribution in [-0.2, 0) is 4.79 Å². The zero-order valence-corrected chi connectivity index (χ0v) is 11.3. The number of hydrogen-bond donors (Lipinski definition) is 2. The van der Waals surface area contributed by atoms with Gasteiger partial charge in [-0.15, -0.1) is 11.8 Å². The zero-order chi connectivity index (χ0) is 14.1. The molecule has 1 amide bonds. The van der Waals surface area contributed by atoms with Gasteiger partial charge in [-0.1, -0.05) is 18.6 Å². The number of nitro benzene ring substituents is 1. The molecule has 1 aromatic carbocycles. The predicted molar refractivity (Wildman–Crippen MR) is 74.6 cm³/mol. The molecule has 0 radical (unpaired) electrons. The van der Waals surface area contributed by atoms with Crippen molar-refractivity contribution in [3.8, 4) is 0 Å². The fraction of sp³-hybridized carbons (Fsp3) is 0.417. The Morgan fingerprint density at radius 2 is 2.05 bits per heavy atom. The largest absolute Gasteiger partial charge is 0.294 e. The van der Waals surface area contributed by atoms with E-state index < -0.39 is 0 Å². The molecule has 0 aliphatic carbocycles. The van der Waals surface area contributed by atoms with Crippen LogP contribution in [0.1, 0.15) is 25.7 Å². The first-order valence-corrected chi connectivity index (χ1v) is 6.99. The van der Waals surface area contributed by atoms with Crippen LogP contribution in [0.3, 0.4) is 0 Å². The van der Waals surface area contributed by atoms with Crippen LogP contribution in [0.4, 0.5) is 5.69 Å². The van der Waals surface area contributed by atoms with E-state index in [0.717, 1.165) is 25.0 Å². The molecule has 7 heteroatoms. The summed E-state index contributed by atoms with van der Waals surface area (Å²) < 4.78 is 0. The van der Waals surface area contributed by atoms with Crippen LogP contribution in [0, 0.1) is 10.1 Å². The molecule has 0 aromatic heterocycles. The molecular formula is C12H17N3O3S. The number of rotatable bonds is 8. The van der Waals surface area contributed by atoms with Gasteiger partial charge in [-0.05, 0) is 24.7 Å². The van der Waals surface area contributed by atoms with Gasteiger partial charge in [-0.2, -0.15) is 0 Å². The van der Waals surface area contributed by atoms with Crippen LogP contribution in [0.25, 0.3) is 0 Å². The summed E-state index contributed by atoms with van der Waals surface area (Å²) in [5.74, 6) is 5.61. The van der Waals surface area contributed by atoms with Gasteiger partial charge in [0.1, 0.15) is 0 Å². The smallest absolute Gasteiger partial charge is 0.282 e. The summed E-state index contributed by atoms with van der Waals surface area (Å²) in [6, 6.07) is 6.72. The number of hydrogen-bond acceptors (Lipinski definition) is 5. The molecule has 0 aliphatic heterocycles. The molecule has 0 heterocycles. The quantitative estimate of drug-likeness (QED) is 0.190. The van der Waals surface area contributed by atoms with E-state index in [1.54, 1.807) is 18.2 Å². The molecule has 1 rings (SSSR count). The molecule has 0 fully saturated rings. The number of nitrogens with one attached hydrogen (secondary N) is 1. The van der Waals surface area contributed by atoms with Crippen LogP contribution in [0.15, 0.2) is 29.2 Å². The lowest BCUT2D eigenvalue weighted by Gasteiger charge is -2.03. The van der Waals surface area contributed by atoms with Gasteiger partial charge in [0.15, 0.2) is 0 Å². The van der Waals surface area contributed by atoms with Crippen molar-refractivity contribution >= 4 is 23.4 Å². The Morgan fingerprint density at radius 1 is 1.32 bits per heavy atom. The van der Waals surface area contributed by atoms with E-state index in [-0.39, 0.29) is 16.5 Å². The molecule has 0 saturated heterocycles. The number of nitrogens with zero attached hydrogens (tertiary/aromatic N) is 1. The van der Waals surface area contributed by atoms with E-state index in [0.29, 0.717) is 11.3 Å². The molecule has 3 N–H and O–H groups in total. The molecule has 0 spiro atoms. The summed E-state index contributed by atoms with van der Waals surface area (Å²) in [7, 11) is 0. The maximum absolute atomic E-state index is 10.9. The van der Waals surface area contributed by atoms with E-state index in [4.69, 9.17) is 5.84 Å². The molecule has 0 saturated carbocycles. The van der Waals surface area contributed by atoms with Crippen molar-refractivity contribution in [3.63, 3.8) is 0 Å². The molecule has 0 bridgehead atoms. The van der Waals surface area contributed by atoms with Crippen molar-refractivity contribution in [2.24, 2.45) is 5.84 Å². The number of thioether (sulfide) groups is 1. The molecule has 104 valence electrons. The van der Waals surface area contributed by atoms with Gasteiger partial charge in [0.05, 0.1) is 9.82 Å². The van der Waals surface area contributed by atoms with Crippen molar-refractivity contribution < 1.29 is 9.72 Å². The Morgan fingerprint density at radius 3 is 2.74 bits per heavy atom. The first kappa shape index (κ1) is 15.5. The van der Waals surface area contributed by atoms with Crippen LogP contribution in [0.5, 0.6) is 0 Å². The molecular weight excluding hydrogens is 266 g/mol. The first-order valence-electron chi connectivity index (χ1n) is 6.01. The first-order chi connectivity index (χ1) is 9.15. The second-order valence-corrected chi connectivity index (χ2v) is 5.09. The number of para-hydroxylation sites is 1. The highest BCUT2D eigenvalue weighted by molar-refractivity contribution is 7.99. The van der Waals surface area contributed by atoms with Gasteiger partial charge in [0.2, 0.25) is 5.91 Å². The summed E-state index contributed by atoms with van der Waals surface area (Å²) >= 11 is 1.47. The number of carbonyl (C=O) groups excluding carboxylic acids is 1. The lowest BCUT2D eigenvalue weighted by atomic mass is 10.2. The number of nitro groups is 1. The minimum absolute atomic E-state index is 0.148. The number of hydrazine groups is 1. The molecule has 0 unspecified atom stereocenters. The summed E-state index contributed by atoms with van der Waals surface area (Å²) in [4.78, 5) is 22.0. The van der Waals surface area contributed by atoms with Crippen LogP contribution in [-0.4, -0.2) is 16.6 Å². The second-order valence-electron chi connectivity index (χ2n) is 3.95. The van der Waals surface area contributed by atoms with Crippen molar-refractivity contribution in [3.05, 3.63) is 34.4 Å². The maximum atomic E-state index is 10.9. The minimum atomic E-state index is -0.367. The van der Waals surface area contributed by atoms with E-state index >= 15 is 0 Å². The number of benzene rings is 1. The lowest BCUT2D eigenvalue weighted by Crippen LogP contribution is -2.29. The average molecular weight is 283 g/mol. The monoisotopic (exact) mass is 283 g/mol. The number of amides is 1. The number of nitrogens with two attached hydrogens (primary N) is 1. The van der Waals surface area contributed by atoms with E-state index in [2.05, 4.69) is 5.43 Å². The predicted octanol–water partition coefficient (Wildman–Crippen LogP) is 2.24. The van der Waals surface area contributed by atoms with Crippen LogP contribution < -0.4 is 11.3 Å². The number of carbonyl (C=O) groups is 1. The zero-order valence-electron chi connectivity index (χ0n) is 10.5. The molecule has 19 heavy (non-hydrogen) atoms. The number of unbranched alkanes of at least 4 members (excludes halogenated alkanes) is 2. The van der Waals surface area contributed by atoms with Gasteiger partial charge in [-0.25, -0.2) is 5.84 Å². The second kappa shape index (κ2) is 8.49. The third-order valence-corrected chi connectivity index (χ3v) is 3.68. The van der Waals surface area contributed by atoms with Gasteiger partial charge in [0, 0.05) is 12.5 Å². The normalized spacial score (nSPS) is 10.2. The van der Waals surface area contributed by atoms with Crippen molar-refractivity contribution in [1.29, 1.82) is 0 Å².